The Morgan fingerprint density at radius 1 is 0.615 bits per heavy atom. The van der Waals surface area contributed by atoms with Crippen molar-refractivity contribution in [3.8, 4) is 28.3 Å². The lowest BCUT2D eigenvalue weighted by atomic mass is 9.80. The molecule has 3 nitrogen and oxygen atoms in total. The van der Waals surface area contributed by atoms with Crippen molar-refractivity contribution in [3.63, 3.8) is 0 Å². The third kappa shape index (κ3) is 2.69. The molecular weight excluding hydrogens is 494 g/mol. The number of rotatable bonds is 1. The third-order valence-electron chi connectivity index (χ3n) is 8.59. The van der Waals surface area contributed by atoms with Crippen molar-refractivity contribution < 1.29 is 0 Å². The Bertz CT molecular complexity index is 2190. The van der Waals surface area contributed by atoms with Gasteiger partial charge in [-0.05, 0) is 52.6 Å². The van der Waals surface area contributed by atoms with Gasteiger partial charge in [-0.1, -0.05) is 98.4 Å². The summed E-state index contributed by atoms with van der Waals surface area (Å²) in [6.07, 6.45) is 0. The summed E-state index contributed by atoms with van der Waals surface area (Å²) >= 11 is 1.80. The van der Waals surface area contributed by atoms with E-state index in [1.165, 1.54) is 48.4 Å². The van der Waals surface area contributed by atoms with Crippen molar-refractivity contribution in [2.45, 2.75) is 29.1 Å². The van der Waals surface area contributed by atoms with Crippen LogP contribution in [0.3, 0.4) is 0 Å². The standard InChI is InChI=1S/C35H23N3S/c1-35(2)24-13-6-3-10-20(24)21-18-19-27-30(32(21)35)22-11-4-7-15-26(22)38(27)34-36-25-14-9-17-29-31(25)33(37-34)23-12-5-8-16-28(23)39-29/h3-19H,1-2H3. The van der Waals surface area contributed by atoms with Gasteiger partial charge in [-0.25, -0.2) is 9.97 Å². The van der Waals surface area contributed by atoms with Gasteiger partial charge in [0.2, 0.25) is 5.95 Å². The van der Waals surface area contributed by atoms with Crippen molar-refractivity contribution in [1.82, 2.24) is 14.5 Å². The molecule has 2 aromatic heterocycles. The number of benzene rings is 5. The second kappa shape index (κ2) is 7.37. The molecule has 0 amide bonds. The molecule has 0 atom stereocenters. The van der Waals surface area contributed by atoms with E-state index in [4.69, 9.17) is 9.97 Å². The predicted octanol–water partition coefficient (Wildman–Crippen LogP) is 9.16. The molecule has 3 heterocycles. The van der Waals surface area contributed by atoms with Gasteiger partial charge in [0.1, 0.15) is 0 Å². The molecule has 184 valence electrons. The number of aromatic nitrogens is 3. The van der Waals surface area contributed by atoms with E-state index in [1.807, 2.05) is 0 Å². The second-order valence-electron chi connectivity index (χ2n) is 11.0. The number of fused-ring (bicyclic) bond motifs is 9. The minimum Gasteiger partial charge on any atom is -0.278 e. The van der Waals surface area contributed by atoms with Crippen LogP contribution >= 0.6 is 11.8 Å². The van der Waals surface area contributed by atoms with E-state index in [0.29, 0.717) is 0 Å². The second-order valence-corrected chi connectivity index (χ2v) is 12.1. The zero-order valence-electron chi connectivity index (χ0n) is 21.6. The van der Waals surface area contributed by atoms with Gasteiger partial charge < -0.3 is 0 Å². The molecule has 1 aliphatic carbocycles. The molecule has 0 saturated heterocycles. The molecule has 0 N–H and O–H groups in total. The van der Waals surface area contributed by atoms with Crippen LogP contribution in [0, 0.1) is 0 Å². The first-order chi connectivity index (χ1) is 19.1. The molecule has 39 heavy (non-hydrogen) atoms. The summed E-state index contributed by atoms with van der Waals surface area (Å²) in [7, 11) is 0. The van der Waals surface area contributed by atoms with Gasteiger partial charge in [-0.2, -0.15) is 0 Å². The average Bonchev–Trinajstić information content (AvgIpc) is 3.42. The van der Waals surface area contributed by atoms with Crippen molar-refractivity contribution in [2.24, 2.45) is 0 Å². The Morgan fingerprint density at radius 2 is 1.38 bits per heavy atom. The first-order valence-electron chi connectivity index (χ1n) is 13.4. The highest BCUT2D eigenvalue weighted by molar-refractivity contribution is 7.99. The van der Waals surface area contributed by atoms with Crippen LogP contribution in [-0.4, -0.2) is 14.5 Å². The summed E-state index contributed by atoms with van der Waals surface area (Å²) in [6.45, 7) is 4.71. The van der Waals surface area contributed by atoms with Gasteiger partial charge in [0.15, 0.2) is 0 Å². The van der Waals surface area contributed by atoms with Crippen molar-refractivity contribution in [2.75, 3.05) is 0 Å². The maximum Gasteiger partial charge on any atom is 0.235 e. The fraction of sp³-hybridized carbons (Fsp3) is 0.0857. The molecule has 1 aliphatic heterocycles. The molecule has 0 fully saturated rings. The highest BCUT2D eigenvalue weighted by Crippen LogP contribution is 2.53. The molecular formula is C35H23N3S. The molecule has 0 spiro atoms. The van der Waals surface area contributed by atoms with Crippen LogP contribution in [0.15, 0.2) is 113 Å². The summed E-state index contributed by atoms with van der Waals surface area (Å²) in [5.41, 5.74) is 10.8. The number of nitrogens with zero attached hydrogens (tertiary/aromatic N) is 3. The zero-order valence-corrected chi connectivity index (χ0v) is 22.4. The van der Waals surface area contributed by atoms with Crippen LogP contribution < -0.4 is 0 Å². The summed E-state index contributed by atoms with van der Waals surface area (Å²) in [5.74, 6) is 0.718. The molecule has 7 aromatic rings. The average molecular weight is 518 g/mol. The van der Waals surface area contributed by atoms with E-state index in [-0.39, 0.29) is 5.41 Å². The predicted molar refractivity (Wildman–Crippen MR) is 161 cm³/mol. The first-order valence-corrected chi connectivity index (χ1v) is 14.2. The quantitative estimate of drug-likeness (QED) is 0.217. The van der Waals surface area contributed by atoms with Crippen molar-refractivity contribution >= 4 is 44.5 Å². The number of para-hydroxylation sites is 1. The monoisotopic (exact) mass is 517 g/mol. The van der Waals surface area contributed by atoms with Gasteiger partial charge in [0, 0.05) is 36.9 Å². The van der Waals surface area contributed by atoms with Crippen LogP contribution in [-0.2, 0) is 5.41 Å². The summed E-state index contributed by atoms with van der Waals surface area (Å²) in [5, 5.41) is 3.68. The van der Waals surface area contributed by atoms with Crippen molar-refractivity contribution in [3.05, 3.63) is 114 Å². The van der Waals surface area contributed by atoms with E-state index < -0.39 is 0 Å². The van der Waals surface area contributed by atoms with Crippen LogP contribution in [0.25, 0.3) is 61.0 Å². The Hall–Kier alpha value is -4.41. The Labute approximate surface area is 230 Å². The highest BCUT2D eigenvalue weighted by atomic mass is 32.2. The Balaban J connectivity index is 1.42. The summed E-state index contributed by atoms with van der Waals surface area (Å²) in [6, 6.07) is 37.1. The van der Waals surface area contributed by atoms with Crippen LogP contribution in [0.2, 0.25) is 0 Å². The smallest absolute Gasteiger partial charge is 0.235 e. The maximum atomic E-state index is 5.32. The van der Waals surface area contributed by atoms with E-state index in [0.717, 1.165) is 33.6 Å². The van der Waals surface area contributed by atoms with E-state index >= 15 is 0 Å². The molecule has 0 bridgehead atoms. The van der Waals surface area contributed by atoms with Crippen molar-refractivity contribution in [1.29, 1.82) is 0 Å². The molecule has 5 aromatic carbocycles. The van der Waals surface area contributed by atoms with Gasteiger partial charge in [0.05, 0.1) is 22.2 Å². The molecule has 0 saturated carbocycles. The van der Waals surface area contributed by atoms with E-state index in [9.17, 15) is 0 Å². The minimum absolute atomic E-state index is 0.109. The van der Waals surface area contributed by atoms with Crippen LogP contribution in [0.4, 0.5) is 0 Å². The Morgan fingerprint density at radius 3 is 2.31 bits per heavy atom. The molecule has 0 radical (unpaired) electrons. The third-order valence-corrected chi connectivity index (χ3v) is 9.73. The van der Waals surface area contributed by atoms with E-state index in [2.05, 4.69) is 122 Å². The van der Waals surface area contributed by atoms with Gasteiger partial charge in [0.25, 0.3) is 0 Å². The minimum atomic E-state index is -0.109. The fourth-order valence-corrected chi connectivity index (χ4v) is 8.04. The molecule has 9 rings (SSSR count). The number of hydrogen-bond acceptors (Lipinski definition) is 3. The summed E-state index contributed by atoms with van der Waals surface area (Å²) < 4.78 is 2.27. The lowest BCUT2D eigenvalue weighted by Crippen LogP contribution is -2.15. The lowest BCUT2D eigenvalue weighted by Gasteiger charge is -2.22. The maximum absolute atomic E-state index is 5.32. The van der Waals surface area contributed by atoms with Gasteiger partial charge in [-0.15, -0.1) is 0 Å². The van der Waals surface area contributed by atoms with Gasteiger partial charge >= 0.3 is 0 Å². The van der Waals surface area contributed by atoms with Gasteiger partial charge in [-0.3, -0.25) is 4.57 Å². The number of hydrogen-bond donors (Lipinski definition) is 0. The van der Waals surface area contributed by atoms with Crippen LogP contribution in [0.1, 0.15) is 25.0 Å². The largest absolute Gasteiger partial charge is 0.278 e. The topological polar surface area (TPSA) is 30.7 Å². The Kier molecular flexibility index (Phi) is 4.06. The SMILES string of the molecule is CC1(C)c2ccccc2-c2ccc3c(c21)c1ccccc1n3-c1nc2c3c(cccc3n1)Sc1ccccc1-2. The highest BCUT2D eigenvalue weighted by Gasteiger charge is 2.38. The molecule has 2 aliphatic rings. The van der Waals surface area contributed by atoms with E-state index in [1.54, 1.807) is 11.8 Å². The first kappa shape index (κ1) is 21.5. The zero-order chi connectivity index (χ0) is 25.9. The lowest BCUT2D eigenvalue weighted by molar-refractivity contribution is 0.666. The summed E-state index contributed by atoms with van der Waals surface area (Å²) in [4.78, 5) is 13.0. The molecule has 0 unspecified atom stereocenters. The fourth-order valence-electron chi connectivity index (χ4n) is 6.94. The van der Waals surface area contributed by atoms with Crippen LogP contribution in [0.5, 0.6) is 0 Å². The normalized spacial score (nSPS) is 14.5. The molecule has 4 heteroatoms.